The molecule has 1 N–H and O–H groups in total. The highest BCUT2D eigenvalue weighted by molar-refractivity contribution is 5.39. The van der Waals surface area contributed by atoms with Gasteiger partial charge in [-0.3, -0.25) is 4.90 Å². The molecule has 4 rings (SSSR count). The Morgan fingerprint density at radius 1 is 1.25 bits per heavy atom. The average molecular weight is 325 g/mol. The van der Waals surface area contributed by atoms with Gasteiger partial charge < -0.3 is 9.88 Å². The van der Waals surface area contributed by atoms with E-state index in [4.69, 9.17) is 4.98 Å². The number of nitrogens with zero attached hydrogens (tertiary/aromatic N) is 4. The zero-order chi connectivity index (χ0) is 16.5. The van der Waals surface area contributed by atoms with E-state index >= 15 is 0 Å². The third-order valence-corrected chi connectivity index (χ3v) is 5.31. The number of anilines is 1. The molecule has 2 aliphatic rings. The molecule has 5 heteroatoms. The minimum Gasteiger partial charge on any atom is -0.363 e. The van der Waals surface area contributed by atoms with Gasteiger partial charge in [0.25, 0.3) is 0 Å². The lowest BCUT2D eigenvalue weighted by Crippen LogP contribution is -2.24. The molecule has 0 spiro atoms. The second-order valence-corrected chi connectivity index (χ2v) is 7.30. The molecule has 1 saturated heterocycles. The van der Waals surface area contributed by atoms with Crippen LogP contribution < -0.4 is 4.90 Å². The summed E-state index contributed by atoms with van der Waals surface area (Å²) < 4.78 is 0. The molecule has 0 amide bonds. The maximum Gasteiger partial charge on any atom is 0.128 e. The number of H-pyrrole nitrogens is 1. The molecule has 0 unspecified atom stereocenters. The Morgan fingerprint density at radius 2 is 2.12 bits per heavy atom. The lowest BCUT2D eigenvalue weighted by Gasteiger charge is -2.23. The lowest BCUT2D eigenvalue weighted by molar-refractivity contribution is 0.240. The minimum absolute atomic E-state index is 0.437. The van der Waals surface area contributed by atoms with Gasteiger partial charge >= 0.3 is 0 Å². The van der Waals surface area contributed by atoms with Crippen molar-refractivity contribution in [2.24, 2.45) is 0 Å². The number of aryl methyl sites for hydroxylation is 2. The van der Waals surface area contributed by atoms with Crippen LogP contribution in [0, 0.1) is 0 Å². The number of likely N-dealkylation sites (tertiary alicyclic amines) is 1. The van der Waals surface area contributed by atoms with Crippen molar-refractivity contribution in [3.05, 3.63) is 41.1 Å². The molecule has 0 radical (unpaired) electrons. The first kappa shape index (κ1) is 15.6. The van der Waals surface area contributed by atoms with Crippen LogP contribution in [0.2, 0.25) is 0 Å². The Hall–Kier alpha value is -1.88. The number of rotatable bonds is 4. The van der Waals surface area contributed by atoms with Gasteiger partial charge in [0.15, 0.2) is 0 Å². The molecule has 2 aromatic rings. The van der Waals surface area contributed by atoms with Crippen molar-refractivity contribution in [1.82, 2.24) is 19.9 Å². The fourth-order valence-corrected chi connectivity index (χ4v) is 4.00. The van der Waals surface area contributed by atoms with E-state index in [9.17, 15) is 0 Å². The Labute approximate surface area is 144 Å². The van der Waals surface area contributed by atoms with Crippen molar-refractivity contribution < 1.29 is 0 Å². The predicted octanol–water partition coefficient (Wildman–Crippen LogP) is 3.09. The summed E-state index contributed by atoms with van der Waals surface area (Å²) in [6.07, 6.45) is 9.28. The topological polar surface area (TPSA) is 48.0 Å². The Kier molecular flexibility index (Phi) is 4.27. The summed E-state index contributed by atoms with van der Waals surface area (Å²) in [5, 5.41) is 0. The molecule has 1 aliphatic carbocycles. The number of hydrogen-bond donors (Lipinski definition) is 1. The highest BCUT2D eigenvalue weighted by atomic mass is 15.2. The second kappa shape index (κ2) is 6.55. The van der Waals surface area contributed by atoms with Gasteiger partial charge in [-0.2, -0.15) is 0 Å². The van der Waals surface area contributed by atoms with E-state index in [1.54, 1.807) is 0 Å². The van der Waals surface area contributed by atoms with Crippen molar-refractivity contribution in [2.75, 3.05) is 25.5 Å². The van der Waals surface area contributed by atoms with E-state index in [-0.39, 0.29) is 0 Å². The molecule has 0 bridgehead atoms. The normalized spacial score (nSPS) is 21.0. The van der Waals surface area contributed by atoms with E-state index in [0.29, 0.717) is 6.04 Å². The molecule has 2 aromatic heterocycles. The smallest absolute Gasteiger partial charge is 0.128 e. The summed E-state index contributed by atoms with van der Waals surface area (Å²) in [4.78, 5) is 17.7. The van der Waals surface area contributed by atoms with E-state index in [2.05, 4.69) is 31.9 Å². The molecule has 24 heavy (non-hydrogen) atoms. The first-order valence-corrected chi connectivity index (χ1v) is 9.14. The molecule has 1 fully saturated rings. The van der Waals surface area contributed by atoms with Crippen LogP contribution in [0.1, 0.15) is 54.5 Å². The largest absolute Gasteiger partial charge is 0.363 e. The third kappa shape index (κ3) is 3.05. The van der Waals surface area contributed by atoms with Crippen molar-refractivity contribution in [2.45, 2.75) is 51.1 Å². The summed E-state index contributed by atoms with van der Waals surface area (Å²) >= 11 is 0. The molecular formula is C19H27N5. The SMILES string of the molecule is CN(C)c1cc(CN2CCC[C@@H]2c2nc3c([nH]2)CCCC3)ccn1. The van der Waals surface area contributed by atoms with Crippen LogP contribution in [-0.4, -0.2) is 40.5 Å². The quantitative estimate of drug-likeness (QED) is 0.938. The van der Waals surface area contributed by atoms with Crippen LogP contribution in [0.25, 0.3) is 0 Å². The van der Waals surface area contributed by atoms with Gasteiger partial charge in [0.1, 0.15) is 11.6 Å². The lowest BCUT2D eigenvalue weighted by atomic mass is 10.0. The number of hydrogen-bond acceptors (Lipinski definition) is 4. The number of aromatic nitrogens is 3. The molecule has 128 valence electrons. The molecule has 1 atom stereocenters. The van der Waals surface area contributed by atoms with Crippen LogP contribution in [-0.2, 0) is 19.4 Å². The minimum atomic E-state index is 0.437. The summed E-state index contributed by atoms with van der Waals surface area (Å²) in [5.41, 5.74) is 4.04. The molecule has 3 heterocycles. The van der Waals surface area contributed by atoms with E-state index < -0.39 is 0 Å². The van der Waals surface area contributed by atoms with Gasteiger partial charge in [0.2, 0.25) is 0 Å². The van der Waals surface area contributed by atoms with E-state index in [1.807, 2.05) is 20.3 Å². The van der Waals surface area contributed by atoms with Crippen molar-refractivity contribution in [1.29, 1.82) is 0 Å². The first-order valence-electron chi connectivity index (χ1n) is 9.14. The van der Waals surface area contributed by atoms with Crippen molar-refractivity contribution in [3.8, 4) is 0 Å². The Balaban J connectivity index is 1.52. The van der Waals surface area contributed by atoms with Gasteiger partial charge in [0, 0.05) is 32.5 Å². The zero-order valence-electron chi connectivity index (χ0n) is 14.8. The molecule has 0 aromatic carbocycles. The highest BCUT2D eigenvalue weighted by Gasteiger charge is 2.29. The highest BCUT2D eigenvalue weighted by Crippen LogP contribution is 2.33. The number of nitrogens with one attached hydrogen (secondary N) is 1. The molecular weight excluding hydrogens is 298 g/mol. The van der Waals surface area contributed by atoms with Gasteiger partial charge in [-0.25, -0.2) is 9.97 Å². The summed E-state index contributed by atoms with van der Waals surface area (Å²) in [5.74, 6) is 2.22. The molecule has 1 aliphatic heterocycles. The third-order valence-electron chi connectivity index (χ3n) is 5.31. The van der Waals surface area contributed by atoms with Crippen LogP contribution in [0.4, 0.5) is 5.82 Å². The van der Waals surface area contributed by atoms with Crippen LogP contribution in [0.5, 0.6) is 0 Å². The number of fused-ring (bicyclic) bond motifs is 1. The number of pyridine rings is 1. The summed E-state index contributed by atoms with van der Waals surface area (Å²) in [6.45, 7) is 2.12. The fourth-order valence-electron chi connectivity index (χ4n) is 4.00. The van der Waals surface area contributed by atoms with Crippen molar-refractivity contribution >= 4 is 5.82 Å². The van der Waals surface area contributed by atoms with Gasteiger partial charge in [-0.15, -0.1) is 0 Å². The van der Waals surface area contributed by atoms with Gasteiger partial charge in [-0.05, 0) is 62.8 Å². The standard InChI is InChI=1S/C19H27N5/c1-23(2)18-12-14(9-10-20-18)13-24-11-5-8-17(24)19-21-15-6-3-4-7-16(15)22-19/h9-10,12,17H,3-8,11,13H2,1-2H3,(H,21,22)/t17-/m1/s1. The maximum atomic E-state index is 4.95. The number of imidazole rings is 1. The number of aromatic amines is 1. The predicted molar refractivity (Wildman–Crippen MR) is 96.2 cm³/mol. The first-order chi connectivity index (χ1) is 11.7. The molecule has 0 saturated carbocycles. The fraction of sp³-hybridized carbons (Fsp3) is 0.579. The summed E-state index contributed by atoms with van der Waals surface area (Å²) in [7, 11) is 4.08. The van der Waals surface area contributed by atoms with E-state index in [1.165, 1.54) is 54.9 Å². The maximum absolute atomic E-state index is 4.95. The van der Waals surface area contributed by atoms with Crippen LogP contribution in [0.15, 0.2) is 18.3 Å². The average Bonchev–Trinajstić information content (AvgIpc) is 3.21. The van der Waals surface area contributed by atoms with Crippen molar-refractivity contribution in [3.63, 3.8) is 0 Å². The summed E-state index contributed by atoms with van der Waals surface area (Å²) in [6, 6.07) is 4.77. The Bertz CT molecular complexity index is 682. The van der Waals surface area contributed by atoms with Crippen LogP contribution >= 0.6 is 0 Å². The Morgan fingerprint density at radius 3 is 2.96 bits per heavy atom. The second-order valence-electron chi connectivity index (χ2n) is 7.30. The van der Waals surface area contributed by atoms with Gasteiger partial charge in [0.05, 0.1) is 11.7 Å². The van der Waals surface area contributed by atoms with Crippen LogP contribution in [0.3, 0.4) is 0 Å². The zero-order valence-corrected chi connectivity index (χ0v) is 14.8. The molecule has 5 nitrogen and oxygen atoms in total. The monoisotopic (exact) mass is 325 g/mol. The van der Waals surface area contributed by atoms with Gasteiger partial charge in [-0.1, -0.05) is 0 Å². The van der Waals surface area contributed by atoms with E-state index in [0.717, 1.165) is 25.3 Å².